The molecule has 0 atom stereocenters. The third-order valence-electron chi connectivity index (χ3n) is 3.74. The molecule has 0 unspecified atom stereocenters. The van der Waals surface area contributed by atoms with Crippen molar-refractivity contribution in [2.75, 3.05) is 0 Å². The number of nitrogens with zero attached hydrogens (tertiary/aromatic N) is 1. The number of hydrogen-bond acceptors (Lipinski definition) is 0. The molecule has 124 valence electrons. The molecule has 0 spiro atoms. The van der Waals surface area contributed by atoms with Crippen LogP contribution in [0.15, 0.2) is 73.9 Å². The Hall–Kier alpha value is -2.80. The zero-order valence-electron chi connectivity index (χ0n) is 15.0. The number of hydrogen-bond donors (Lipinski definition) is 0. The molecule has 1 heterocycles. The Labute approximate surface area is 146 Å². The van der Waals surface area contributed by atoms with Crippen LogP contribution in [-0.4, -0.2) is 4.57 Å². The van der Waals surface area contributed by atoms with Crippen LogP contribution < -0.4 is 0 Å². The van der Waals surface area contributed by atoms with Crippen LogP contribution in [0.3, 0.4) is 0 Å². The summed E-state index contributed by atoms with van der Waals surface area (Å²) >= 11 is 0. The van der Waals surface area contributed by atoms with Crippen LogP contribution in [0.5, 0.6) is 0 Å². The Morgan fingerprint density at radius 2 is 1.58 bits per heavy atom. The Bertz CT molecular complexity index is 758. The molecule has 1 aromatic rings. The molecule has 0 saturated heterocycles. The van der Waals surface area contributed by atoms with E-state index in [0.717, 1.165) is 33.7 Å². The van der Waals surface area contributed by atoms with Gasteiger partial charge in [-0.05, 0) is 43.2 Å². The summed E-state index contributed by atoms with van der Waals surface area (Å²) in [5.41, 5.74) is 6.30. The van der Waals surface area contributed by atoms with Crippen molar-refractivity contribution in [3.05, 3.63) is 96.4 Å². The fraction of sp³-hybridized carbons (Fsp3) is 0.130. The van der Waals surface area contributed by atoms with Gasteiger partial charge >= 0.3 is 0 Å². The molecule has 0 aliphatic heterocycles. The zero-order valence-corrected chi connectivity index (χ0v) is 15.0. The highest BCUT2D eigenvalue weighted by Crippen LogP contribution is 2.29. The van der Waals surface area contributed by atoms with E-state index in [4.69, 9.17) is 0 Å². The normalized spacial score (nSPS) is 12.4. The topological polar surface area (TPSA) is 4.93 Å². The molecule has 0 bridgehead atoms. The van der Waals surface area contributed by atoms with E-state index < -0.39 is 0 Å². The lowest BCUT2D eigenvalue weighted by Gasteiger charge is -2.04. The molecule has 0 aromatic carbocycles. The first-order valence-electron chi connectivity index (χ1n) is 7.98. The summed E-state index contributed by atoms with van der Waals surface area (Å²) < 4.78 is 2.11. The fourth-order valence-corrected chi connectivity index (χ4v) is 2.62. The van der Waals surface area contributed by atoms with Crippen LogP contribution >= 0.6 is 0 Å². The van der Waals surface area contributed by atoms with Gasteiger partial charge in [0.1, 0.15) is 0 Å². The average molecular weight is 317 g/mol. The van der Waals surface area contributed by atoms with E-state index in [1.54, 1.807) is 6.08 Å². The first-order chi connectivity index (χ1) is 11.5. The highest BCUT2D eigenvalue weighted by molar-refractivity contribution is 5.81. The summed E-state index contributed by atoms with van der Waals surface area (Å²) in [7, 11) is 2.03. The molecule has 0 radical (unpaired) electrons. The summed E-state index contributed by atoms with van der Waals surface area (Å²) in [5, 5.41) is 0. The summed E-state index contributed by atoms with van der Waals surface area (Å²) in [5.74, 6) is 0. The van der Waals surface area contributed by atoms with Gasteiger partial charge in [0.25, 0.3) is 0 Å². The molecule has 1 rings (SSSR count). The van der Waals surface area contributed by atoms with Gasteiger partial charge in [0, 0.05) is 29.6 Å². The van der Waals surface area contributed by atoms with E-state index >= 15 is 0 Å². The predicted molar refractivity (Wildman–Crippen MR) is 112 cm³/mol. The second-order valence-corrected chi connectivity index (χ2v) is 5.28. The third-order valence-corrected chi connectivity index (χ3v) is 3.74. The second-order valence-electron chi connectivity index (χ2n) is 5.28. The third kappa shape index (κ3) is 4.14. The van der Waals surface area contributed by atoms with Crippen LogP contribution in [0.4, 0.5) is 0 Å². The maximum atomic E-state index is 4.16. The van der Waals surface area contributed by atoms with E-state index in [9.17, 15) is 0 Å². The first kappa shape index (κ1) is 19.2. The predicted octanol–water partition coefficient (Wildman–Crippen LogP) is 6.60. The minimum atomic E-state index is 0.965. The summed E-state index contributed by atoms with van der Waals surface area (Å²) in [4.78, 5) is 0. The second kappa shape index (κ2) is 9.36. The van der Waals surface area contributed by atoms with Crippen molar-refractivity contribution in [2.45, 2.75) is 13.8 Å². The van der Waals surface area contributed by atoms with Crippen LogP contribution in [0, 0.1) is 0 Å². The van der Waals surface area contributed by atoms with Crippen molar-refractivity contribution in [2.24, 2.45) is 7.05 Å². The molecule has 0 saturated carbocycles. The van der Waals surface area contributed by atoms with Crippen molar-refractivity contribution >= 4 is 24.3 Å². The van der Waals surface area contributed by atoms with Gasteiger partial charge in [-0.15, -0.1) is 0 Å². The van der Waals surface area contributed by atoms with E-state index in [1.165, 1.54) is 0 Å². The maximum Gasteiger partial charge on any atom is 0.0488 e. The number of rotatable bonds is 8. The Balaban J connectivity index is 3.72. The van der Waals surface area contributed by atoms with E-state index in [0.29, 0.717) is 0 Å². The van der Waals surface area contributed by atoms with Crippen molar-refractivity contribution in [3.63, 3.8) is 0 Å². The Morgan fingerprint density at radius 1 is 0.917 bits per heavy atom. The molecule has 0 aliphatic rings. The lowest BCUT2D eigenvalue weighted by atomic mass is 10.00. The smallest absolute Gasteiger partial charge is 0.0488 e. The van der Waals surface area contributed by atoms with Crippen LogP contribution in [0.2, 0.25) is 0 Å². The van der Waals surface area contributed by atoms with Crippen molar-refractivity contribution in [1.29, 1.82) is 0 Å². The lowest BCUT2D eigenvalue weighted by Crippen LogP contribution is -1.94. The molecule has 0 N–H and O–H groups in total. The van der Waals surface area contributed by atoms with Gasteiger partial charge in [-0.3, -0.25) is 0 Å². The number of allylic oxidation sites excluding steroid dienone is 8. The quantitative estimate of drug-likeness (QED) is 0.476. The molecular formula is C23H27N. The first-order valence-corrected chi connectivity index (χ1v) is 7.98. The largest absolute Gasteiger partial charge is 0.344 e. The van der Waals surface area contributed by atoms with Gasteiger partial charge in [0.15, 0.2) is 0 Å². The minimum absolute atomic E-state index is 0.965. The van der Waals surface area contributed by atoms with Crippen molar-refractivity contribution in [1.82, 2.24) is 4.57 Å². The molecule has 0 amide bonds. The van der Waals surface area contributed by atoms with E-state index in [2.05, 4.69) is 43.0 Å². The zero-order chi connectivity index (χ0) is 18.1. The van der Waals surface area contributed by atoms with Crippen LogP contribution in [0.25, 0.3) is 24.3 Å². The Morgan fingerprint density at radius 3 is 2.08 bits per heavy atom. The molecule has 1 aromatic heterocycles. The molecule has 24 heavy (non-hydrogen) atoms. The van der Waals surface area contributed by atoms with Crippen molar-refractivity contribution < 1.29 is 0 Å². The molecule has 1 nitrogen and oxygen atoms in total. The fourth-order valence-electron chi connectivity index (χ4n) is 2.62. The molecule has 0 fully saturated rings. The lowest BCUT2D eigenvalue weighted by molar-refractivity contribution is 0.901. The maximum absolute atomic E-state index is 4.16. The average Bonchev–Trinajstić information content (AvgIpc) is 2.83. The Kier molecular flexibility index (Phi) is 7.51. The molecule has 1 heteroatoms. The summed E-state index contributed by atoms with van der Waals surface area (Å²) in [6.45, 7) is 19.9. The molecule has 0 aliphatic carbocycles. The SMILES string of the molecule is C=C/C=C\c1c(C=C)c(/C=C(/C=C\C)C(=C)/C=C\C)c(C=C)n1C. The van der Waals surface area contributed by atoms with Gasteiger partial charge in [0.05, 0.1) is 0 Å². The monoisotopic (exact) mass is 317 g/mol. The van der Waals surface area contributed by atoms with E-state index in [-0.39, 0.29) is 0 Å². The summed E-state index contributed by atoms with van der Waals surface area (Å²) in [6.07, 6.45) is 19.7. The highest BCUT2D eigenvalue weighted by Gasteiger charge is 2.14. The van der Waals surface area contributed by atoms with Gasteiger partial charge in [-0.1, -0.05) is 68.8 Å². The van der Waals surface area contributed by atoms with Crippen LogP contribution in [0.1, 0.15) is 36.4 Å². The van der Waals surface area contributed by atoms with Gasteiger partial charge in [-0.25, -0.2) is 0 Å². The number of aromatic nitrogens is 1. The van der Waals surface area contributed by atoms with Gasteiger partial charge in [-0.2, -0.15) is 0 Å². The van der Waals surface area contributed by atoms with Crippen LogP contribution in [-0.2, 0) is 7.05 Å². The van der Waals surface area contributed by atoms with Gasteiger partial charge in [0.2, 0.25) is 0 Å². The minimum Gasteiger partial charge on any atom is -0.344 e. The standard InChI is InChI=1S/C23H27N/c1-8-13-16-23-20(11-4)21(22(12-5)24(23)7)17-19(15-10-3)18(6)14-9-2/h8-17H,1,4-6H2,2-3,7H3/b14-9-,15-10-,16-13-,19-17-. The summed E-state index contributed by atoms with van der Waals surface area (Å²) in [6, 6.07) is 0. The van der Waals surface area contributed by atoms with Gasteiger partial charge < -0.3 is 4.57 Å². The highest BCUT2D eigenvalue weighted by atomic mass is 15.0. The van der Waals surface area contributed by atoms with Crippen molar-refractivity contribution in [3.8, 4) is 0 Å². The van der Waals surface area contributed by atoms with E-state index in [1.807, 2.05) is 63.4 Å². The molecular weight excluding hydrogens is 290 g/mol.